The number of nitrogens with zero attached hydrogens (tertiary/aromatic N) is 2. The molecule has 3 heterocycles. The van der Waals surface area contributed by atoms with Crippen LogP contribution in [0.4, 0.5) is 5.69 Å². The molecular weight excluding hydrogens is 338 g/mol. The van der Waals surface area contributed by atoms with Crippen LogP contribution in [0, 0.1) is 11.8 Å². The number of hydrogen-bond acceptors (Lipinski definition) is 3. The second-order valence-corrected chi connectivity index (χ2v) is 8.26. The van der Waals surface area contributed by atoms with Crippen LogP contribution in [0.1, 0.15) is 44.1 Å². The smallest absolute Gasteiger partial charge is 0.230 e. The van der Waals surface area contributed by atoms with Crippen LogP contribution in [0.15, 0.2) is 24.3 Å². The zero-order valence-corrected chi connectivity index (χ0v) is 16.2. The summed E-state index contributed by atoms with van der Waals surface area (Å²) in [4.78, 5) is 29.5. The second-order valence-electron chi connectivity index (χ2n) is 8.26. The van der Waals surface area contributed by atoms with Crippen molar-refractivity contribution >= 4 is 17.5 Å². The van der Waals surface area contributed by atoms with Gasteiger partial charge in [-0.1, -0.05) is 18.2 Å². The molecule has 0 saturated carbocycles. The number of rotatable bonds is 4. The summed E-state index contributed by atoms with van der Waals surface area (Å²) in [6, 6.07) is 8.22. The molecule has 5 nitrogen and oxygen atoms in total. The minimum absolute atomic E-state index is 0.0598. The number of likely N-dealkylation sites (tertiary alicyclic amines) is 1. The number of piperidine rings is 2. The van der Waals surface area contributed by atoms with Gasteiger partial charge in [-0.2, -0.15) is 0 Å². The molecule has 1 aromatic rings. The molecule has 2 fully saturated rings. The van der Waals surface area contributed by atoms with E-state index in [0.717, 1.165) is 64.1 Å². The van der Waals surface area contributed by atoms with Crippen molar-refractivity contribution in [1.82, 2.24) is 10.2 Å². The number of anilines is 1. The number of amides is 2. The number of para-hydroxylation sites is 1. The molecule has 5 heteroatoms. The zero-order chi connectivity index (χ0) is 18.6. The van der Waals surface area contributed by atoms with Crippen molar-refractivity contribution in [2.75, 3.05) is 37.6 Å². The Hall–Kier alpha value is -1.88. The predicted octanol–water partition coefficient (Wildman–Crippen LogP) is 2.59. The van der Waals surface area contributed by atoms with Crippen molar-refractivity contribution in [3.63, 3.8) is 0 Å². The molecule has 0 bridgehead atoms. The van der Waals surface area contributed by atoms with Gasteiger partial charge in [-0.3, -0.25) is 9.59 Å². The average Bonchev–Trinajstić information content (AvgIpc) is 3.16. The van der Waals surface area contributed by atoms with E-state index in [1.54, 1.807) is 0 Å². The molecule has 0 radical (unpaired) electrons. The fourth-order valence-electron chi connectivity index (χ4n) is 4.82. The molecule has 146 valence electrons. The van der Waals surface area contributed by atoms with Crippen LogP contribution in [0.3, 0.4) is 0 Å². The highest BCUT2D eigenvalue weighted by molar-refractivity contribution is 5.97. The van der Waals surface area contributed by atoms with Gasteiger partial charge in [-0.25, -0.2) is 0 Å². The van der Waals surface area contributed by atoms with Crippen molar-refractivity contribution in [3.05, 3.63) is 29.8 Å². The lowest BCUT2D eigenvalue weighted by Crippen LogP contribution is -2.44. The summed E-state index contributed by atoms with van der Waals surface area (Å²) in [5.74, 6) is 1.29. The van der Waals surface area contributed by atoms with E-state index in [1.807, 2.05) is 21.9 Å². The third kappa shape index (κ3) is 4.18. The van der Waals surface area contributed by atoms with Crippen molar-refractivity contribution in [2.45, 2.75) is 44.9 Å². The zero-order valence-electron chi connectivity index (χ0n) is 16.2. The largest absolute Gasteiger partial charge is 0.343 e. The summed E-state index contributed by atoms with van der Waals surface area (Å²) in [7, 11) is 0. The van der Waals surface area contributed by atoms with E-state index < -0.39 is 0 Å². The Balaban J connectivity index is 1.25. The van der Waals surface area contributed by atoms with E-state index >= 15 is 0 Å². The van der Waals surface area contributed by atoms with Crippen LogP contribution in [0.5, 0.6) is 0 Å². The van der Waals surface area contributed by atoms with E-state index in [0.29, 0.717) is 12.3 Å². The first kappa shape index (κ1) is 18.5. The Bertz CT molecular complexity index is 676. The second kappa shape index (κ2) is 8.42. The van der Waals surface area contributed by atoms with E-state index in [9.17, 15) is 9.59 Å². The van der Waals surface area contributed by atoms with Gasteiger partial charge in [0.05, 0.1) is 0 Å². The highest BCUT2D eigenvalue weighted by Gasteiger charge is 2.33. The number of hydrogen-bond donors (Lipinski definition) is 1. The molecule has 1 aromatic carbocycles. The van der Waals surface area contributed by atoms with Crippen molar-refractivity contribution in [1.29, 1.82) is 0 Å². The van der Waals surface area contributed by atoms with Crippen molar-refractivity contribution in [3.8, 4) is 0 Å². The van der Waals surface area contributed by atoms with Crippen LogP contribution in [0.2, 0.25) is 0 Å². The Labute approximate surface area is 162 Å². The maximum absolute atomic E-state index is 13.0. The Kier molecular flexibility index (Phi) is 5.77. The number of carbonyl (C=O) groups excluding carboxylic acids is 2. The molecular formula is C22H31N3O2. The van der Waals surface area contributed by atoms with E-state index in [-0.39, 0.29) is 17.7 Å². The third-order valence-electron chi connectivity index (χ3n) is 6.58. The lowest BCUT2D eigenvalue weighted by Gasteiger charge is -2.34. The number of fused-ring (bicyclic) bond motifs is 1. The van der Waals surface area contributed by atoms with Crippen molar-refractivity contribution in [2.24, 2.45) is 11.8 Å². The van der Waals surface area contributed by atoms with Gasteiger partial charge in [0.15, 0.2) is 0 Å². The van der Waals surface area contributed by atoms with E-state index in [4.69, 9.17) is 0 Å². The molecule has 3 aliphatic rings. The first-order valence-corrected chi connectivity index (χ1v) is 10.6. The summed E-state index contributed by atoms with van der Waals surface area (Å²) >= 11 is 0. The maximum atomic E-state index is 13.0. The van der Waals surface area contributed by atoms with Gasteiger partial charge in [-0.05, 0) is 69.2 Å². The number of nitrogens with one attached hydrogen (secondary N) is 1. The van der Waals surface area contributed by atoms with Gasteiger partial charge in [0.2, 0.25) is 11.8 Å². The Morgan fingerprint density at radius 1 is 1.00 bits per heavy atom. The molecule has 2 saturated heterocycles. The highest BCUT2D eigenvalue weighted by Crippen LogP contribution is 2.31. The minimum atomic E-state index is 0.0598. The van der Waals surface area contributed by atoms with Gasteiger partial charge in [0, 0.05) is 37.7 Å². The fourth-order valence-corrected chi connectivity index (χ4v) is 4.82. The molecule has 2 amide bonds. The summed E-state index contributed by atoms with van der Waals surface area (Å²) in [5.41, 5.74) is 2.36. The Morgan fingerprint density at radius 3 is 2.52 bits per heavy atom. The van der Waals surface area contributed by atoms with Gasteiger partial charge in [0.25, 0.3) is 0 Å². The fraction of sp³-hybridized carbons (Fsp3) is 0.636. The average molecular weight is 370 g/mol. The number of carbonyl (C=O) groups is 2. The molecule has 27 heavy (non-hydrogen) atoms. The SMILES string of the molecule is O=C(CCC1CCNCC1)N1CCC(C(=O)N2CCc3ccccc32)CC1. The summed E-state index contributed by atoms with van der Waals surface area (Å²) < 4.78 is 0. The van der Waals surface area contributed by atoms with Crippen LogP contribution in [0.25, 0.3) is 0 Å². The molecule has 0 atom stereocenters. The molecule has 3 aliphatic heterocycles. The molecule has 1 N–H and O–H groups in total. The molecule has 0 aromatic heterocycles. The first-order valence-electron chi connectivity index (χ1n) is 10.6. The van der Waals surface area contributed by atoms with Gasteiger partial charge in [0.1, 0.15) is 0 Å². The standard InChI is InChI=1S/C22H31N3O2/c26-21(6-5-17-7-12-23-13-8-17)24-14-9-19(10-15-24)22(27)25-16-11-18-3-1-2-4-20(18)25/h1-4,17,19,23H,5-16H2. The van der Waals surface area contributed by atoms with Gasteiger partial charge >= 0.3 is 0 Å². The van der Waals surface area contributed by atoms with Crippen LogP contribution in [-0.2, 0) is 16.0 Å². The minimum Gasteiger partial charge on any atom is -0.343 e. The summed E-state index contributed by atoms with van der Waals surface area (Å²) in [6.45, 7) is 4.44. The normalized spacial score (nSPS) is 21.3. The lowest BCUT2D eigenvalue weighted by molar-refractivity contribution is -0.135. The highest BCUT2D eigenvalue weighted by atomic mass is 16.2. The molecule has 4 rings (SSSR count). The molecule has 0 unspecified atom stereocenters. The lowest BCUT2D eigenvalue weighted by atomic mass is 9.92. The number of benzene rings is 1. The molecule has 0 aliphatic carbocycles. The topological polar surface area (TPSA) is 52.7 Å². The maximum Gasteiger partial charge on any atom is 0.230 e. The predicted molar refractivity (Wildman–Crippen MR) is 107 cm³/mol. The van der Waals surface area contributed by atoms with Crippen LogP contribution >= 0.6 is 0 Å². The Morgan fingerprint density at radius 2 is 1.74 bits per heavy atom. The quantitative estimate of drug-likeness (QED) is 0.888. The van der Waals surface area contributed by atoms with E-state index in [1.165, 1.54) is 18.4 Å². The summed E-state index contributed by atoms with van der Waals surface area (Å²) in [6.07, 6.45) is 6.64. The molecule has 0 spiro atoms. The van der Waals surface area contributed by atoms with Crippen LogP contribution in [-0.4, -0.2) is 49.4 Å². The monoisotopic (exact) mass is 369 g/mol. The van der Waals surface area contributed by atoms with E-state index in [2.05, 4.69) is 17.4 Å². The first-order chi connectivity index (χ1) is 13.2. The third-order valence-corrected chi connectivity index (χ3v) is 6.58. The van der Waals surface area contributed by atoms with Crippen LogP contribution < -0.4 is 10.2 Å². The van der Waals surface area contributed by atoms with Gasteiger partial charge in [-0.15, -0.1) is 0 Å². The van der Waals surface area contributed by atoms with Gasteiger partial charge < -0.3 is 15.1 Å². The summed E-state index contributed by atoms with van der Waals surface area (Å²) in [5, 5.41) is 3.38. The van der Waals surface area contributed by atoms with Crippen molar-refractivity contribution < 1.29 is 9.59 Å².